The van der Waals surface area contributed by atoms with Crippen molar-refractivity contribution in [2.45, 2.75) is 20.0 Å². The normalized spacial score (nSPS) is 10.5. The van der Waals surface area contributed by atoms with E-state index in [1.54, 1.807) is 17.9 Å². The van der Waals surface area contributed by atoms with Crippen LogP contribution in [0.4, 0.5) is 0 Å². The van der Waals surface area contributed by atoms with Crippen LogP contribution in [0.2, 0.25) is 0 Å². The molecule has 0 amide bonds. The average molecular weight is 328 g/mol. The van der Waals surface area contributed by atoms with Gasteiger partial charge in [-0.3, -0.25) is 9.89 Å². The number of nitrogens with one attached hydrogen (secondary N) is 1. The minimum absolute atomic E-state index is 0.0191. The maximum absolute atomic E-state index is 11.4. The number of benzene rings is 1. The van der Waals surface area contributed by atoms with Crippen molar-refractivity contribution >= 4 is 5.97 Å². The summed E-state index contributed by atoms with van der Waals surface area (Å²) < 4.78 is 11.9. The van der Waals surface area contributed by atoms with Crippen molar-refractivity contribution in [3.05, 3.63) is 48.3 Å². The van der Waals surface area contributed by atoms with E-state index >= 15 is 0 Å². The predicted octanol–water partition coefficient (Wildman–Crippen LogP) is 1.07. The van der Waals surface area contributed by atoms with Crippen molar-refractivity contribution in [1.82, 2.24) is 29.9 Å². The molecule has 0 atom stereocenters. The number of aromatic amines is 1. The smallest absolute Gasteiger partial charge is 0.336 e. The molecule has 0 aliphatic heterocycles. The van der Waals surface area contributed by atoms with Gasteiger partial charge in [0, 0.05) is 0 Å². The molecule has 1 aromatic carbocycles. The molecule has 2 aromatic heterocycles. The molecular formula is C15H16N6O3. The molecule has 124 valence electrons. The maximum atomic E-state index is 11.4. The molecule has 3 rings (SSSR count). The summed E-state index contributed by atoms with van der Waals surface area (Å²) in [7, 11) is 0. The first kappa shape index (κ1) is 15.7. The molecule has 0 bridgehead atoms. The van der Waals surface area contributed by atoms with Crippen molar-refractivity contribution in [2.24, 2.45) is 0 Å². The fraction of sp³-hybridized carbons (Fsp3) is 0.267. The molecule has 0 radical (unpaired) electrons. The first-order chi connectivity index (χ1) is 11.7. The Kier molecular flexibility index (Phi) is 4.80. The van der Waals surface area contributed by atoms with Crippen LogP contribution >= 0.6 is 0 Å². The second-order valence-corrected chi connectivity index (χ2v) is 4.78. The lowest BCUT2D eigenvalue weighted by atomic mass is 10.3. The van der Waals surface area contributed by atoms with E-state index in [1.807, 2.05) is 30.3 Å². The Hall–Kier alpha value is -3.23. The Balaban J connectivity index is 1.56. The van der Waals surface area contributed by atoms with Gasteiger partial charge in [0.1, 0.15) is 12.7 Å². The highest BCUT2D eigenvalue weighted by molar-refractivity contribution is 5.71. The number of H-pyrrole nitrogens is 1. The molecule has 1 N–H and O–H groups in total. The second-order valence-electron chi connectivity index (χ2n) is 4.78. The summed E-state index contributed by atoms with van der Waals surface area (Å²) in [4.78, 5) is 19.6. The van der Waals surface area contributed by atoms with Gasteiger partial charge >= 0.3 is 12.0 Å². The molecular weight excluding hydrogens is 312 g/mol. The van der Waals surface area contributed by atoms with Crippen LogP contribution in [-0.2, 0) is 22.6 Å². The fourth-order valence-electron chi connectivity index (χ4n) is 1.97. The van der Waals surface area contributed by atoms with Gasteiger partial charge in [-0.05, 0) is 19.1 Å². The number of esters is 1. The molecule has 0 aliphatic carbocycles. The number of aromatic nitrogens is 6. The Morgan fingerprint density at radius 1 is 1.29 bits per heavy atom. The standard InChI is InChI=1S/C15H16N6O3/c1-2-23-14(22)8-12-17-13(19-18-12)9-24-15-16-10-21(20-15)11-6-4-3-5-7-11/h3-7,10H,2,8-9H2,1H3,(H,17,18,19). The summed E-state index contributed by atoms with van der Waals surface area (Å²) >= 11 is 0. The van der Waals surface area contributed by atoms with Crippen molar-refractivity contribution in [3.8, 4) is 11.7 Å². The van der Waals surface area contributed by atoms with Gasteiger partial charge < -0.3 is 9.47 Å². The number of rotatable bonds is 7. The maximum Gasteiger partial charge on any atom is 0.336 e. The zero-order chi connectivity index (χ0) is 16.8. The number of nitrogens with zero attached hydrogens (tertiary/aromatic N) is 5. The van der Waals surface area contributed by atoms with E-state index in [0.717, 1.165) is 5.69 Å². The topological polar surface area (TPSA) is 108 Å². The van der Waals surface area contributed by atoms with E-state index in [1.165, 1.54) is 0 Å². The molecule has 3 aromatic rings. The summed E-state index contributed by atoms with van der Waals surface area (Å²) in [5, 5.41) is 10.9. The Morgan fingerprint density at radius 3 is 2.92 bits per heavy atom. The highest BCUT2D eigenvalue weighted by Crippen LogP contribution is 2.09. The summed E-state index contributed by atoms with van der Waals surface area (Å²) in [6, 6.07) is 9.80. The van der Waals surface area contributed by atoms with Gasteiger partial charge in [0.25, 0.3) is 0 Å². The van der Waals surface area contributed by atoms with Crippen LogP contribution in [0, 0.1) is 0 Å². The van der Waals surface area contributed by atoms with Crippen molar-refractivity contribution in [3.63, 3.8) is 0 Å². The van der Waals surface area contributed by atoms with Crippen molar-refractivity contribution in [2.75, 3.05) is 6.61 Å². The van der Waals surface area contributed by atoms with Crippen LogP contribution in [-0.4, -0.2) is 42.5 Å². The van der Waals surface area contributed by atoms with Crippen molar-refractivity contribution < 1.29 is 14.3 Å². The Morgan fingerprint density at radius 2 is 2.12 bits per heavy atom. The third-order valence-electron chi connectivity index (χ3n) is 3.02. The van der Waals surface area contributed by atoms with Crippen LogP contribution in [0.25, 0.3) is 5.69 Å². The van der Waals surface area contributed by atoms with Gasteiger partial charge in [-0.1, -0.05) is 18.2 Å². The lowest BCUT2D eigenvalue weighted by molar-refractivity contribution is -0.142. The molecule has 2 heterocycles. The Labute approximate surface area is 137 Å². The zero-order valence-electron chi connectivity index (χ0n) is 13.0. The van der Waals surface area contributed by atoms with Crippen LogP contribution in [0.5, 0.6) is 6.01 Å². The third kappa shape index (κ3) is 3.94. The molecule has 24 heavy (non-hydrogen) atoms. The van der Waals surface area contributed by atoms with Gasteiger partial charge in [-0.25, -0.2) is 9.67 Å². The minimum atomic E-state index is -0.368. The molecule has 0 unspecified atom stereocenters. The number of hydrogen-bond acceptors (Lipinski definition) is 7. The number of ether oxygens (including phenoxy) is 2. The predicted molar refractivity (Wildman–Crippen MR) is 82.4 cm³/mol. The molecule has 0 saturated carbocycles. The van der Waals surface area contributed by atoms with Crippen LogP contribution in [0.15, 0.2) is 36.7 Å². The lowest BCUT2D eigenvalue weighted by Gasteiger charge is -1.99. The van der Waals surface area contributed by atoms with E-state index in [2.05, 4.69) is 25.3 Å². The SMILES string of the molecule is CCOC(=O)Cc1n[nH]c(COc2ncn(-c3ccccc3)n2)n1. The first-order valence-electron chi connectivity index (χ1n) is 7.40. The van der Waals surface area contributed by atoms with E-state index in [-0.39, 0.29) is 25.0 Å². The van der Waals surface area contributed by atoms with Crippen LogP contribution in [0.1, 0.15) is 18.6 Å². The van der Waals surface area contributed by atoms with E-state index in [9.17, 15) is 4.79 Å². The molecule has 9 nitrogen and oxygen atoms in total. The monoisotopic (exact) mass is 328 g/mol. The minimum Gasteiger partial charge on any atom is -0.466 e. The van der Waals surface area contributed by atoms with Gasteiger partial charge in [0.15, 0.2) is 18.3 Å². The summed E-state index contributed by atoms with van der Waals surface area (Å²) in [6.45, 7) is 2.19. The Bertz CT molecular complexity index is 798. The average Bonchev–Trinajstić information content (AvgIpc) is 3.23. The quantitative estimate of drug-likeness (QED) is 0.646. The molecule has 0 aliphatic rings. The van der Waals surface area contributed by atoms with Crippen molar-refractivity contribution in [1.29, 1.82) is 0 Å². The summed E-state index contributed by atoms with van der Waals surface area (Å²) in [5.41, 5.74) is 0.885. The number of carbonyl (C=O) groups excluding carboxylic acids is 1. The zero-order valence-corrected chi connectivity index (χ0v) is 13.0. The van der Waals surface area contributed by atoms with Gasteiger partial charge in [-0.2, -0.15) is 10.1 Å². The molecule has 9 heteroatoms. The van der Waals surface area contributed by atoms with Gasteiger partial charge in [0.2, 0.25) is 0 Å². The molecule has 0 fully saturated rings. The van der Waals surface area contributed by atoms with Gasteiger partial charge in [-0.15, -0.1) is 5.10 Å². The van der Waals surface area contributed by atoms with E-state index in [0.29, 0.717) is 18.3 Å². The van der Waals surface area contributed by atoms with Crippen LogP contribution < -0.4 is 4.74 Å². The first-order valence-corrected chi connectivity index (χ1v) is 7.40. The summed E-state index contributed by atoms with van der Waals surface area (Å²) in [6.07, 6.45) is 1.59. The number of carbonyl (C=O) groups is 1. The third-order valence-corrected chi connectivity index (χ3v) is 3.02. The number of hydrogen-bond donors (Lipinski definition) is 1. The lowest BCUT2D eigenvalue weighted by Crippen LogP contribution is -2.08. The van der Waals surface area contributed by atoms with E-state index in [4.69, 9.17) is 9.47 Å². The fourth-order valence-corrected chi connectivity index (χ4v) is 1.97. The van der Waals surface area contributed by atoms with E-state index < -0.39 is 0 Å². The highest BCUT2D eigenvalue weighted by Gasteiger charge is 2.11. The number of para-hydroxylation sites is 1. The van der Waals surface area contributed by atoms with Crippen LogP contribution in [0.3, 0.4) is 0 Å². The second kappa shape index (κ2) is 7.36. The van der Waals surface area contributed by atoms with Gasteiger partial charge in [0.05, 0.1) is 12.3 Å². The summed E-state index contributed by atoms with van der Waals surface area (Å²) in [5.74, 6) is 0.465. The largest absolute Gasteiger partial charge is 0.466 e. The highest BCUT2D eigenvalue weighted by atomic mass is 16.5. The molecule has 0 spiro atoms. The molecule has 0 saturated heterocycles.